The van der Waals surface area contributed by atoms with Crippen LogP contribution in [0, 0.1) is 6.92 Å². The number of benzene rings is 1. The quantitative estimate of drug-likeness (QED) is 0.785. The second-order valence-corrected chi connectivity index (χ2v) is 6.38. The highest BCUT2D eigenvalue weighted by Crippen LogP contribution is 2.42. The maximum Gasteiger partial charge on any atom is 0.222 e. The van der Waals surface area contributed by atoms with Gasteiger partial charge in [-0.05, 0) is 43.9 Å². The molecule has 0 saturated carbocycles. The fourth-order valence-corrected chi connectivity index (χ4v) is 4.22. The van der Waals surface area contributed by atoms with E-state index in [0.29, 0.717) is 18.4 Å². The van der Waals surface area contributed by atoms with Gasteiger partial charge in [0.2, 0.25) is 5.91 Å². The average Bonchev–Trinajstić information content (AvgIpc) is 2.83. The van der Waals surface area contributed by atoms with Crippen molar-refractivity contribution in [2.24, 2.45) is 0 Å². The molecule has 1 amide bonds. The summed E-state index contributed by atoms with van der Waals surface area (Å²) < 4.78 is 2.48. The molecular weight excluding hydrogens is 260 g/mol. The molecule has 4 rings (SSSR count). The molecule has 2 heterocycles. The molecule has 1 atom stereocenters. The molecular formula is C18H22N2O. The van der Waals surface area contributed by atoms with Crippen LogP contribution in [0.2, 0.25) is 0 Å². The molecule has 0 radical (unpaired) electrons. The first-order chi connectivity index (χ1) is 10.2. The third-order valence-electron chi connectivity index (χ3n) is 5.15. The number of nitrogens with zero attached hydrogens (tertiary/aromatic N) is 2. The van der Waals surface area contributed by atoms with E-state index in [1.807, 2.05) is 6.92 Å². The van der Waals surface area contributed by atoms with Crippen LogP contribution >= 0.6 is 0 Å². The van der Waals surface area contributed by atoms with Gasteiger partial charge in [-0.1, -0.05) is 18.6 Å². The lowest BCUT2D eigenvalue weighted by atomic mass is 9.89. The second kappa shape index (κ2) is 4.62. The Kier molecular flexibility index (Phi) is 2.84. The first kappa shape index (κ1) is 12.9. The van der Waals surface area contributed by atoms with Gasteiger partial charge in [0.05, 0.1) is 6.04 Å². The number of carbonyl (C=O) groups excluding carboxylic acids is 1. The number of amides is 1. The third-order valence-corrected chi connectivity index (χ3v) is 5.15. The van der Waals surface area contributed by atoms with E-state index in [9.17, 15) is 4.79 Å². The van der Waals surface area contributed by atoms with Crippen molar-refractivity contribution in [3.63, 3.8) is 0 Å². The third kappa shape index (κ3) is 1.76. The van der Waals surface area contributed by atoms with Crippen molar-refractivity contribution >= 4 is 16.8 Å². The van der Waals surface area contributed by atoms with Crippen LogP contribution in [0.4, 0.5) is 0 Å². The molecule has 3 heteroatoms. The van der Waals surface area contributed by atoms with E-state index in [1.54, 1.807) is 0 Å². The number of hydrogen-bond acceptors (Lipinski definition) is 1. The van der Waals surface area contributed by atoms with Crippen LogP contribution in [0.3, 0.4) is 0 Å². The zero-order chi connectivity index (χ0) is 14.6. The Balaban J connectivity index is 1.94. The number of rotatable bonds is 1. The molecule has 21 heavy (non-hydrogen) atoms. The van der Waals surface area contributed by atoms with Crippen molar-refractivity contribution in [2.45, 2.75) is 52.1 Å². The lowest BCUT2D eigenvalue weighted by molar-refractivity contribution is -0.134. The van der Waals surface area contributed by atoms with E-state index in [1.165, 1.54) is 34.1 Å². The van der Waals surface area contributed by atoms with Gasteiger partial charge in [0, 0.05) is 36.1 Å². The summed E-state index contributed by atoms with van der Waals surface area (Å²) in [5.41, 5.74) is 5.61. The van der Waals surface area contributed by atoms with E-state index in [2.05, 4.69) is 34.6 Å². The topological polar surface area (TPSA) is 25.2 Å². The maximum absolute atomic E-state index is 12.3. The highest BCUT2D eigenvalue weighted by Gasteiger charge is 2.36. The van der Waals surface area contributed by atoms with Gasteiger partial charge in [0.25, 0.3) is 0 Å². The van der Waals surface area contributed by atoms with E-state index in [0.717, 1.165) is 25.9 Å². The minimum Gasteiger partial charge on any atom is -0.341 e. The zero-order valence-electron chi connectivity index (χ0n) is 12.9. The highest BCUT2D eigenvalue weighted by atomic mass is 16.2. The molecule has 0 bridgehead atoms. The molecule has 0 unspecified atom stereocenters. The number of aromatic nitrogens is 1. The van der Waals surface area contributed by atoms with Crippen molar-refractivity contribution in [3.8, 4) is 0 Å². The van der Waals surface area contributed by atoms with Crippen LogP contribution in [0.25, 0.3) is 10.9 Å². The Labute approximate surface area is 125 Å². The molecule has 0 saturated heterocycles. The van der Waals surface area contributed by atoms with Gasteiger partial charge in [-0.15, -0.1) is 0 Å². The molecule has 1 aromatic heterocycles. The summed E-state index contributed by atoms with van der Waals surface area (Å²) >= 11 is 0. The van der Waals surface area contributed by atoms with Gasteiger partial charge >= 0.3 is 0 Å². The molecule has 2 aromatic rings. The number of aryl methyl sites for hydroxylation is 2. The molecule has 2 aliphatic rings. The fraction of sp³-hybridized carbons (Fsp3) is 0.500. The monoisotopic (exact) mass is 282 g/mol. The molecule has 0 N–H and O–H groups in total. The summed E-state index contributed by atoms with van der Waals surface area (Å²) in [6, 6.07) is 7.10. The Morgan fingerprint density at radius 1 is 1.33 bits per heavy atom. The van der Waals surface area contributed by atoms with Crippen molar-refractivity contribution in [2.75, 3.05) is 6.54 Å². The first-order valence-corrected chi connectivity index (χ1v) is 8.11. The van der Waals surface area contributed by atoms with Gasteiger partial charge in [0.1, 0.15) is 0 Å². The number of hydrogen-bond donors (Lipinski definition) is 0. The second-order valence-electron chi connectivity index (χ2n) is 6.38. The molecule has 1 aliphatic carbocycles. The number of carbonyl (C=O) groups is 1. The van der Waals surface area contributed by atoms with Crippen LogP contribution in [0.15, 0.2) is 18.2 Å². The van der Waals surface area contributed by atoms with Gasteiger partial charge < -0.3 is 9.47 Å². The summed E-state index contributed by atoms with van der Waals surface area (Å²) in [5.74, 6) is 0.306. The molecule has 0 spiro atoms. The lowest BCUT2D eigenvalue weighted by Crippen LogP contribution is -2.43. The van der Waals surface area contributed by atoms with E-state index < -0.39 is 0 Å². The Hall–Kier alpha value is -1.77. The van der Waals surface area contributed by atoms with Crippen LogP contribution in [-0.4, -0.2) is 21.9 Å². The standard InChI is InChI=1S/C18H22N2O/c1-3-17(21)19-9-10-20-15-8-7-12(2)11-14(15)13-5-4-6-16(19)18(13)20/h7-8,11,16H,3-6,9-10H2,1-2H3/t16-/m0/s1. The van der Waals surface area contributed by atoms with E-state index >= 15 is 0 Å². The lowest BCUT2D eigenvalue weighted by Gasteiger charge is -2.40. The van der Waals surface area contributed by atoms with Gasteiger partial charge in [-0.2, -0.15) is 0 Å². The normalized spacial score (nSPS) is 20.7. The van der Waals surface area contributed by atoms with Crippen molar-refractivity contribution < 1.29 is 4.79 Å². The van der Waals surface area contributed by atoms with Gasteiger partial charge in [0.15, 0.2) is 0 Å². The molecule has 0 fully saturated rings. The van der Waals surface area contributed by atoms with E-state index in [4.69, 9.17) is 0 Å². The van der Waals surface area contributed by atoms with Crippen molar-refractivity contribution in [1.82, 2.24) is 9.47 Å². The Bertz CT molecular complexity index is 728. The van der Waals surface area contributed by atoms with Gasteiger partial charge in [-0.25, -0.2) is 0 Å². The summed E-state index contributed by atoms with van der Waals surface area (Å²) in [6.07, 6.45) is 4.09. The van der Waals surface area contributed by atoms with Crippen LogP contribution in [-0.2, 0) is 17.8 Å². The summed E-state index contributed by atoms with van der Waals surface area (Å²) in [6.45, 7) is 5.94. The fourth-order valence-electron chi connectivity index (χ4n) is 4.22. The van der Waals surface area contributed by atoms with Crippen molar-refractivity contribution in [1.29, 1.82) is 0 Å². The maximum atomic E-state index is 12.3. The van der Waals surface area contributed by atoms with E-state index in [-0.39, 0.29) is 0 Å². The first-order valence-electron chi connectivity index (χ1n) is 8.11. The largest absolute Gasteiger partial charge is 0.341 e. The number of fused-ring (bicyclic) bond motifs is 3. The van der Waals surface area contributed by atoms with Crippen LogP contribution < -0.4 is 0 Å². The Morgan fingerprint density at radius 2 is 2.19 bits per heavy atom. The minimum atomic E-state index is 0.306. The zero-order valence-corrected chi connectivity index (χ0v) is 12.9. The molecule has 3 nitrogen and oxygen atoms in total. The van der Waals surface area contributed by atoms with Gasteiger partial charge in [-0.3, -0.25) is 4.79 Å². The molecule has 1 aromatic carbocycles. The predicted molar refractivity (Wildman–Crippen MR) is 84.4 cm³/mol. The smallest absolute Gasteiger partial charge is 0.222 e. The Morgan fingerprint density at radius 3 is 3.00 bits per heavy atom. The van der Waals surface area contributed by atoms with Crippen LogP contribution in [0.5, 0.6) is 0 Å². The molecule has 110 valence electrons. The summed E-state index contributed by atoms with van der Waals surface area (Å²) in [4.78, 5) is 14.4. The summed E-state index contributed by atoms with van der Waals surface area (Å²) in [7, 11) is 0. The minimum absolute atomic E-state index is 0.306. The molecule has 1 aliphatic heterocycles. The SMILES string of the molecule is CCC(=O)N1CCn2c3c(c4cc(C)ccc42)CCC[C@@H]31. The predicted octanol–water partition coefficient (Wildman–Crippen LogP) is 3.58. The highest BCUT2D eigenvalue weighted by molar-refractivity contribution is 5.87. The van der Waals surface area contributed by atoms with Crippen molar-refractivity contribution in [3.05, 3.63) is 35.0 Å². The summed E-state index contributed by atoms with van der Waals surface area (Å²) in [5, 5.41) is 1.42. The van der Waals surface area contributed by atoms with Crippen LogP contribution in [0.1, 0.15) is 49.0 Å². The average molecular weight is 282 g/mol.